The third kappa shape index (κ3) is 5.42. The van der Waals surface area contributed by atoms with Crippen molar-refractivity contribution in [1.29, 1.82) is 0 Å². The highest BCUT2D eigenvalue weighted by Crippen LogP contribution is 2.26. The van der Waals surface area contributed by atoms with Gasteiger partial charge in [0, 0.05) is 18.8 Å². The number of hydrogen-bond acceptors (Lipinski definition) is 5. The van der Waals surface area contributed by atoms with E-state index in [1.54, 1.807) is 6.07 Å². The highest BCUT2D eigenvalue weighted by molar-refractivity contribution is 7.89. The Balaban J connectivity index is 1.57. The van der Waals surface area contributed by atoms with Gasteiger partial charge in [-0.1, -0.05) is 54.6 Å². The number of primary sulfonamides is 1. The molecule has 7 nitrogen and oxygen atoms in total. The minimum Gasteiger partial charge on any atom is -0.378 e. The van der Waals surface area contributed by atoms with Gasteiger partial charge in [-0.15, -0.1) is 0 Å². The largest absolute Gasteiger partial charge is 0.378 e. The third-order valence-electron chi connectivity index (χ3n) is 5.76. The molecule has 33 heavy (non-hydrogen) atoms. The first-order valence-corrected chi connectivity index (χ1v) is 12.3. The Labute approximate surface area is 194 Å². The van der Waals surface area contributed by atoms with Gasteiger partial charge in [0.2, 0.25) is 10.0 Å². The molecule has 1 amide bonds. The molecule has 1 heterocycles. The van der Waals surface area contributed by atoms with Gasteiger partial charge < -0.3 is 15.0 Å². The van der Waals surface area contributed by atoms with Crippen molar-refractivity contribution >= 4 is 21.6 Å². The number of sulfonamides is 1. The van der Waals surface area contributed by atoms with E-state index in [4.69, 9.17) is 9.88 Å². The number of anilines is 1. The van der Waals surface area contributed by atoms with E-state index in [0.717, 1.165) is 16.7 Å². The number of carbonyl (C=O) groups excluding carboxylic acids is 1. The third-order valence-corrected chi connectivity index (χ3v) is 6.67. The number of morpholine rings is 1. The lowest BCUT2D eigenvalue weighted by atomic mass is 10.0. The van der Waals surface area contributed by atoms with E-state index in [1.165, 1.54) is 12.1 Å². The fourth-order valence-corrected chi connectivity index (χ4v) is 4.45. The van der Waals surface area contributed by atoms with Crippen LogP contribution in [-0.4, -0.2) is 40.6 Å². The van der Waals surface area contributed by atoms with Crippen LogP contribution in [0.3, 0.4) is 0 Å². The molecule has 1 aliphatic heterocycles. The number of hydrogen-bond donors (Lipinski definition) is 2. The van der Waals surface area contributed by atoms with Gasteiger partial charge in [-0.25, -0.2) is 13.6 Å². The molecule has 1 saturated heterocycles. The first-order valence-electron chi connectivity index (χ1n) is 10.8. The second-order valence-electron chi connectivity index (χ2n) is 8.01. The molecule has 1 atom stereocenters. The van der Waals surface area contributed by atoms with Gasteiger partial charge in [0.1, 0.15) is 0 Å². The lowest BCUT2D eigenvalue weighted by molar-refractivity contribution is 0.0938. The molecule has 0 spiro atoms. The number of ether oxygens (including phenoxy) is 1. The Morgan fingerprint density at radius 3 is 2.24 bits per heavy atom. The summed E-state index contributed by atoms with van der Waals surface area (Å²) in [4.78, 5) is 15.2. The van der Waals surface area contributed by atoms with E-state index in [9.17, 15) is 13.2 Å². The Morgan fingerprint density at radius 1 is 0.970 bits per heavy atom. The molecule has 172 valence electrons. The predicted octanol–water partition coefficient (Wildman–Crippen LogP) is 3.33. The maximum atomic E-state index is 13.3. The maximum absolute atomic E-state index is 13.3. The Morgan fingerprint density at radius 2 is 1.61 bits per heavy atom. The molecule has 0 radical (unpaired) electrons. The predicted molar refractivity (Wildman–Crippen MR) is 129 cm³/mol. The summed E-state index contributed by atoms with van der Waals surface area (Å²) < 4.78 is 29.2. The van der Waals surface area contributed by atoms with Crippen molar-refractivity contribution in [1.82, 2.24) is 5.32 Å². The van der Waals surface area contributed by atoms with Crippen molar-refractivity contribution in [2.45, 2.75) is 17.9 Å². The fourth-order valence-electron chi connectivity index (χ4n) is 3.91. The molecule has 3 aromatic rings. The number of benzene rings is 3. The van der Waals surface area contributed by atoms with E-state index in [2.05, 4.69) is 5.32 Å². The van der Waals surface area contributed by atoms with Crippen LogP contribution < -0.4 is 15.4 Å². The van der Waals surface area contributed by atoms with Crippen molar-refractivity contribution < 1.29 is 17.9 Å². The summed E-state index contributed by atoms with van der Waals surface area (Å²) in [6, 6.07) is 22.2. The zero-order valence-electron chi connectivity index (χ0n) is 18.4. The van der Waals surface area contributed by atoms with Crippen LogP contribution in [0.5, 0.6) is 0 Å². The summed E-state index contributed by atoms with van der Waals surface area (Å²) in [5, 5.41) is 8.31. The summed E-state index contributed by atoms with van der Waals surface area (Å²) in [7, 11) is -3.94. The lowest BCUT2D eigenvalue weighted by Gasteiger charge is -2.30. The molecular weight excluding hydrogens is 438 g/mol. The Bertz CT molecular complexity index is 1220. The smallest absolute Gasteiger partial charge is 0.253 e. The van der Waals surface area contributed by atoms with Crippen LogP contribution in [0.4, 0.5) is 5.69 Å². The van der Waals surface area contributed by atoms with Gasteiger partial charge in [-0.05, 0) is 41.8 Å². The standard InChI is InChI=1S/C25H27N3O4S/c1-18(19-7-9-21(10-8-19)20-5-3-2-4-6-20)27-25(29)23-17-22(33(26,30)31)11-12-24(23)28-13-15-32-16-14-28/h2-12,17-18H,13-16H2,1H3,(H,27,29)(H2,26,30,31)/t18-/m1/s1. The van der Waals surface area contributed by atoms with Crippen molar-refractivity contribution in [3.05, 3.63) is 83.9 Å². The highest BCUT2D eigenvalue weighted by Gasteiger charge is 2.23. The molecule has 0 aromatic heterocycles. The average Bonchev–Trinajstić information content (AvgIpc) is 2.84. The first kappa shape index (κ1) is 23.0. The minimum atomic E-state index is -3.94. The van der Waals surface area contributed by atoms with Gasteiger partial charge >= 0.3 is 0 Å². The summed E-state index contributed by atoms with van der Waals surface area (Å²) in [6.07, 6.45) is 0. The molecule has 4 rings (SSSR count). The van der Waals surface area contributed by atoms with Crippen LogP contribution in [0, 0.1) is 0 Å². The molecule has 0 bridgehead atoms. The van der Waals surface area contributed by atoms with Crippen LogP contribution >= 0.6 is 0 Å². The van der Waals surface area contributed by atoms with Crippen LogP contribution in [0.15, 0.2) is 77.7 Å². The molecule has 1 fully saturated rings. The summed E-state index contributed by atoms with van der Waals surface area (Å²) in [6.45, 7) is 4.22. The zero-order chi connectivity index (χ0) is 23.4. The second-order valence-corrected chi connectivity index (χ2v) is 9.57. The molecule has 8 heteroatoms. The molecule has 3 N–H and O–H groups in total. The lowest BCUT2D eigenvalue weighted by Crippen LogP contribution is -2.38. The number of nitrogens with zero attached hydrogens (tertiary/aromatic N) is 1. The van der Waals surface area contributed by atoms with Gasteiger partial charge in [0.15, 0.2) is 0 Å². The number of rotatable bonds is 6. The van der Waals surface area contributed by atoms with E-state index in [-0.39, 0.29) is 22.4 Å². The minimum absolute atomic E-state index is 0.0930. The van der Waals surface area contributed by atoms with E-state index in [1.807, 2.05) is 66.4 Å². The maximum Gasteiger partial charge on any atom is 0.253 e. The number of amides is 1. The van der Waals surface area contributed by atoms with E-state index < -0.39 is 10.0 Å². The van der Waals surface area contributed by atoms with Crippen molar-refractivity contribution in [2.75, 3.05) is 31.2 Å². The quantitative estimate of drug-likeness (QED) is 0.581. The molecule has 0 aliphatic carbocycles. The SMILES string of the molecule is C[C@@H](NC(=O)c1cc(S(N)(=O)=O)ccc1N1CCOCC1)c1ccc(-c2ccccc2)cc1. The van der Waals surface area contributed by atoms with Crippen molar-refractivity contribution in [2.24, 2.45) is 5.14 Å². The number of nitrogens with one attached hydrogen (secondary N) is 1. The number of nitrogens with two attached hydrogens (primary N) is 1. The molecular formula is C25H27N3O4S. The van der Waals surface area contributed by atoms with Gasteiger partial charge in [-0.2, -0.15) is 0 Å². The second kappa shape index (κ2) is 9.74. The Hall–Kier alpha value is -3.20. The van der Waals surface area contributed by atoms with Gasteiger partial charge in [0.05, 0.1) is 29.7 Å². The van der Waals surface area contributed by atoms with E-state index in [0.29, 0.717) is 32.0 Å². The molecule has 3 aromatic carbocycles. The van der Waals surface area contributed by atoms with Crippen molar-refractivity contribution in [3.8, 4) is 11.1 Å². The average molecular weight is 466 g/mol. The molecule has 1 aliphatic rings. The topological polar surface area (TPSA) is 102 Å². The molecule has 0 unspecified atom stereocenters. The summed E-state index contributed by atoms with van der Waals surface area (Å²) in [5.74, 6) is -0.360. The summed E-state index contributed by atoms with van der Waals surface area (Å²) in [5.41, 5.74) is 4.09. The van der Waals surface area contributed by atoms with Crippen molar-refractivity contribution in [3.63, 3.8) is 0 Å². The number of carbonyl (C=O) groups is 1. The zero-order valence-corrected chi connectivity index (χ0v) is 19.2. The normalized spacial score (nSPS) is 15.2. The fraction of sp³-hybridized carbons (Fsp3) is 0.240. The van der Waals surface area contributed by atoms with Crippen LogP contribution in [0.1, 0.15) is 28.9 Å². The first-order chi connectivity index (χ1) is 15.8. The van der Waals surface area contributed by atoms with Crippen LogP contribution in [-0.2, 0) is 14.8 Å². The monoisotopic (exact) mass is 465 g/mol. The summed E-state index contributed by atoms with van der Waals surface area (Å²) >= 11 is 0. The van der Waals surface area contributed by atoms with Gasteiger partial charge in [0.25, 0.3) is 5.91 Å². The van der Waals surface area contributed by atoms with E-state index >= 15 is 0 Å². The Kier molecular flexibility index (Phi) is 6.78. The van der Waals surface area contributed by atoms with Gasteiger partial charge in [-0.3, -0.25) is 4.79 Å². The highest BCUT2D eigenvalue weighted by atomic mass is 32.2. The molecule has 0 saturated carbocycles. The van der Waals surface area contributed by atoms with Crippen LogP contribution in [0.25, 0.3) is 11.1 Å². The van der Waals surface area contributed by atoms with Crippen LogP contribution in [0.2, 0.25) is 0 Å².